The standard InChI is InChI=1S/C16H28O4/c1-6-10-15(17)19-13(8-3)12(5)14(9-4)20-16(18)11-7-2/h13-14H,5-11H2,1-4H3. The quantitative estimate of drug-likeness (QED) is 0.452. The Bertz CT molecular complexity index is 292. The number of rotatable bonds is 10. The number of carbonyl (C=O) groups excluding carboxylic acids is 2. The van der Waals surface area contributed by atoms with Crippen LogP contribution in [0.2, 0.25) is 0 Å². The summed E-state index contributed by atoms with van der Waals surface area (Å²) in [4.78, 5) is 23.2. The van der Waals surface area contributed by atoms with Crippen LogP contribution in [0.25, 0.3) is 0 Å². The SMILES string of the molecule is C=C(C(CC)OC(=O)CCC)C(CC)OC(=O)CCC. The molecule has 0 rings (SSSR count). The molecule has 0 aliphatic rings. The van der Waals surface area contributed by atoms with E-state index in [9.17, 15) is 9.59 Å². The summed E-state index contributed by atoms with van der Waals surface area (Å²) in [5, 5.41) is 0. The van der Waals surface area contributed by atoms with Gasteiger partial charge in [-0.25, -0.2) is 0 Å². The van der Waals surface area contributed by atoms with Crippen molar-refractivity contribution in [3.63, 3.8) is 0 Å². The lowest BCUT2D eigenvalue weighted by atomic mass is 10.0. The smallest absolute Gasteiger partial charge is 0.306 e. The maximum Gasteiger partial charge on any atom is 0.306 e. The molecule has 0 amide bonds. The summed E-state index contributed by atoms with van der Waals surface area (Å²) in [6, 6.07) is 0. The number of carbonyl (C=O) groups is 2. The van der Waals surface area contributed by atoms with Gasteiger partial charge in [-0.15, -0.1) is 0 Å². The van der Waals surface area contributed by atoms with Crippen LogP contribution >= 0.6 is 0 Å². The van der Waals surface area contributed by atoms with Gasteiger partial charge in [0, 0.05) is 18.4 Å². The summed E-state index contributed by atoms with van der Waals surface area (Å²) in [5.41, 5.74) is 0.670. The average Bonchev–Trinajstić information content (AvgIpc) is 2.42. The van der Waals surface area contributed by atoms with Crippen LogP contribution in [0.4, 0.5) is 0 Å². The molecule has 116 valence electrons. The fourth-order valence-electron chi connectivity index (χ4n) is 1.89. The molecule has 4 heteroatoms. The van der Waals surface area contributed by atoms with E-state index in [4.69, 9.17) is 9.47 Å². The molecule has 20 heavy (non-hydrogen) atoms. The first kappa shape index (κ1) is 18.7. The molecular formula is C16H28O4. The lowest BCUT2D eigenvalue weighted by molar-refractivity contribution is -0.150. The summed E-state index contributed by atoms with van der Waals surface area (Å²) in [6.45, 7) is 11.7. The molecule has 4 nitrogen and oxygen atoms in total. The molecule has 0 bridgehead atoms. The maximum atomic E-state index is 11.6. The monoisotopic (exact) mass is 284 g/mol. The molecule has 0 radical (unpaired) electrons. The second-order valence-electron chi connectivity index (χ2n) is 4.85. The van der Waals surface area contributed by atoms with Gasteiger partial charge in [0.2, 0.25) is 0 Å². The third-order valence-corrected chi connectivity index (χ3v) is 3.02. The number of esters is 2. The molecule has 0 aliphatic heterocycles. The Balaban J connectivity index is 4.60. The van der Waals surface area contributed by atoms with Crippen LogP contribution in [0, 0.1) is 0 Å². The van der Waals surface area contributed by atoms with Crippen molar-refractivity contribution in [2.45, 2.75) is 78.4 Å². The van der Waals surface area contributed by atoms with Gasteiger partial charge in [-0.1, -0.05) is 34.3 Å². The lowest BCUT2D eigenvalue weighted by Crippen LogP contribution is -2.29. The van der Waals surface area contributed by atoms with E-state index >= 15 is 0 Å². The van der Waals surface area contributed by atoms with Crippen molar-refractivity contribution in [3.05, 3.63) is 12.2 Å². The van der Waals surface area contributed by atoms with Gasteiger partial charge in [0.15, 0.2) is 0 Å². The first-order chi connectivity index (χ1) is 9.49. The van der Waals surface area contributed by atoms with Crippen LogP contribution in [0.3, 0.4) is 0 Å². The van der Waals surface area contributed by atoms with Crippen molar-refractivity contribution >= 4 is 11.9 Å². The van der Waals surface area contributed by atoms with E-state index in [0.29, 0.717) is 31.3 Å². The summed E-state index contributed by atoms with van der Waals surface area (Å²) in [6.07, 6.45) is 2.81. The molecule has 0 fully saturated rings. The second-order valence-corrected chi connectivity index (χ2v) is 4.85. The van der Waals surface area contributed by atoms with Crippen molar-refractivity contribution in [2.24, 2.45) is 0 Å². The van der Waals surface area contributed by atoms with E-state index in [1.54, 1.807) is 0 Å². The van der Waals surface area contributed by atoms with Crippen molar-refractivity contribution < 1.29 is 19.1 Å². The van der Waals surface area contributed by atoms with Gasteiger partial charge in [-0.2, -0.15) is 0 Å². The normalized spacial score (nSPS) is 13.4. The first-order valence-corrected chi connectivity index (χ1v) is 7.57. The third kappa shape index (κ3) is 6.73. The Labute approximate surface area is 122 Å². The lowest BCUT2D eigenvalue weighted by Gasteiger charge is -2.25. The molecule has 0 aromatic heterocycles. The summed E-state index contributed by atoms with van der Waals surface area (Å²) in [5.74, 6) is -0.453. The van der Waals surface area contributed by atoms with E-state index in [1.807, 2.05) is 27.7 Å². The van der Waals surface area contributed by atoms with Crippen LogP contribution in [0.5, 0.6) is 0 Å². The number of hydrogen-bond donors (Lipinski definition) is 0. The van der Waals surface area contributed by atoms with Crippen molar-refractivity contribution in [1.82, 2.24) is 0 Å². The Kier molecular flexibility index (Phi) is 9.77. The largest absolute Gasteiger partial charge is 0.458 e. The van der Waals surface area contributed by atoms with Gasteiger partial charge < -0.3 is 9.47 Å². The maximum absolute atomic E-state index is 11.6. The van der Waals surface area contributed by atoms with Gasteiger partial charge in [-0.3, -0.25) is 9.59 Å². The second kappa shape index (κ2) is 10.5. The summed E-state index contributed by atoms with van der Waals surface area (Å²) in [7, 11) is 0. The zero-order chi connectivity index (χ0) is 15.5. The minimum absolute atomic E-state index is 0.227. The molecule has 0 N–H and O–H groups in total. The topological polar surface area (TPSA) is 52.6 Å². The minimum Gasteiger partial charge on any atom is -0.458 e. The molecule has 0 saturated heterocycles. The molecule has 0 spiro atoms. The van der Waals surface area contributed by atoms with Crippen molar-refractivity contribution in [2.75, 3.05) is 0 Å². The van der Waals surface area contributed by atoms with Crippen LogP contribution in [-0.2, 0) is 19.1 Å². The third-order valence-electron chi connectivity index (χ3n) is 3.02. The van der Waals surface area contributed by atoms with Gasteiger partial charge in [0.05, 0.1) is 0 Å². The fraction of sp³-hybridized carbons (Fsp3) is 0.750. The first-order valence-electron chi connectivity index (χ1n) is 7.57. The molecule has 0 saturated carbocycles. The predicted octanol–water partition coefficient (Wildman–Crippen LogP) is 3.79. The van der Waals surface area contributed by atoms with Crippen molar-refractivity contribution in [1.29, 1.82) is 0 Å². The van der Waals surface area contributed by atoms with E-state index in [-0.39, 0.29) is 24.1 Å². The van der Waals surface area contributed by atoms with E-state index < -0.39 is 0 Å². The summed E-state index contributed by atoms with van der Waals surface area (Å²) < 4.78 is 10.8. The molecule has 2 atom stereocenters. The molecule has 0 aromatic carbocycles. The highest BCUT2D eigenvalue weighted by molar-refractivity contribution is 5.70. The van der Waals surface area contributed by atoms with Gasteiger partial charge in [0.25, 0.3) is 0 Å². The van der Waals surface area contributed by atoms with Gasteiger partial charge in [0.1, 0.15) is 12.2 Å². The number of hydrogen-bond acceptors (Lipinski definition) is 4. The van der Waals surface area contributed by atoms with E-state index in [0.717, 1.165) is 12.8 Å². The highest BCUT2D eigenvalue weighted by Crippen LogP contribution is 2.20. The molecular weight excluding hydrogens is 256 g/mol. The Morgan fingerprint density at radius 1 is 0.850 bits per heavy atom. The Hall–Kier alpha value is -1.32. The van der Waals surface area contributed by atoms with Crippen LogP contribution in [0.1, 0.15) is 66.2 Å². The molecule has 0 aromatic rings. The average molecular weight is 284 g/mol. The Morgan fingerprint density at radius 3 is 1.45 bits per heavy atom. The van der Waals surface area contributed by atoms with Crippen LogP contribution in [-0.4, -0.2) is 24.1 Å². The van der Waals surface area contributed by atoms with E-state index in [1.165, 1.54) is 0 Å². The summed E-state index contributed by atoms with van der Waals surface area (Å²) >= 11 is 0. The molecule has 2 unspecified atom stereocenters. The zero-order valence-electron chi connectivity index (χ0n) is 13.2. The highest BCUT2D eigenvalue weighted by Gasteiger charge is 2.24. The number of ether oxygens (including phenoxy) is 2. The highest BCUT2D eigenvalue weighted by atomic mass is 16.6. The van der Waals surface area contributed by atoms with Gasteiger partial charge >= 0.3 is 11.9 Å². The predicted molar refractivity (Wildman–Crippen MR) is 79.3 cm³/mol. The fourth-order valence-corrected chi connectivity index (χ4v) is 1.89. The van der Waals surface area contributed by atoms with E-state index in [2.05, 4.69) is 6.58 Å². The molecule has 0 heterocycles. The Morgan fingerprint density at radius 2 is 1.20 bits per heavy atom. The van der Waals surface area contributed by atoms with Crippen LogP contribution < -0.4 is 0 Å². The van der Waals surface area contributed by atoms with Crippen LogP contribution in [0.15, 0.2) is 12.2 Å². The minimum atomic E-state index is -0.381. The zero-order valence-corrected chi connectivity index (χ0v) is 13.2. The van der Waals surface area contributed by atoms with Crippen molar-refractivity contribution in [3.8, 4) is 0 Å². The van der Waals surface area contributed by atoms with Gasteiger partial charge in [-0.05, 0) is 25.7 Å². The molecule has 0 aliphatic carbocycles.